The van der Waals surface area contributed by atoms with Gasteiger partial charge in [-0.25, -0.2) is 4.39 Å². The van der Waals surface area contributed by atoms with Crippen LogP contribution in [0.15, 0.2) is 53.1 Å². The molecule has 0 aliphatic carbocycles. The fourth-order valence-electron chi connectivity index (χ4n) is 2.50. The minimum atomic E-state index is -0.325. The quantitative estimate of drug-likeness (QED) is 0.657. The Balaban J connectivity index is 1.49. The summed E-state index contributed by atoms with van der Waals surface area (Å²) in [5.41, 5.74) is 1.52. The van der Waals surface area contributed by atoms with Crippen LogP contribution in [0.5, 0.6) is 5.75 Å². The normalized spacial score (nSPS) is 10.6. The van der Waals surface area contributed by atoms with Crippen LogP contribution in [-0.2, 0) is 17.8 Å². The van der Waals surface area contributed by atoms with Gasteiger partial charge in [-0.1, -0.05) is 17.3 Å². The van der Waals surface area contributed by atoms with Crippen LogP contribution in [0.1, 0.15) is 24.8 Å². The van der Waals surface area contributed by atoms with E-state index in [4.69, 9.17) is 9.26 Å². The average Bonchev–Trinajstić information content (AvgIpc) is 3.15. The first kappa shape index (κ1) is 18.6. The molecule has 3 rings (SSSR count). The molecule has 0 unspecified atom stereocenters. The summed E-state index contributed by atoms with van der Waals surface area (Å²) in [7, 11) is 0. The largest absolute Gasteiger partial charge is 0.494 e. The van der Waals surface area contributed by atoms with Gasteiger partial charge in [0.05, 0.1) is 6.61 Å². The highest BCUT2D eigenvalue weighted by molar-refractivity contribution is 5.76. The zero-order valence-electron chi connectivity index (χ0n) is 14.9. The Hall–Kier alpha value is -3.22. The highest BCUT2D eigenvalue weighted by atomic mass is 19.1. The molecule has 0 aliphatic rings. The lowest BCUT2D eigenvalue weighted by Crippen LogP contribution is -2.23. The Kier molecular flexibility index (Phi) is 6.14. The van der Waals surface area contributed by atoms with Crippen molar-refractivity contribution in [2.45, 2.75) is 26.3 Å². The smallest absolute Gasteiger partial charge is 0.227 e. The van der Waals surface area contributed by atoms with Crippen LogP contribution in [-0.4, -0.2) is 22.7 Å². The van der Waals surface area contributed by atoms with E-state index in [2.05, 4.69) is 15.5 Å². The maximum absolute atomic E-state index is 13.1. The molecular weight excluding hydrogens is 349 g/mol. The number of nitrogens with one attached hydrogen (secondary N) is 1. The molecule has 0 fully saturated rings. The summed E-state index contributed by atoms with van der Waals surface area (Å²) in [5, 5.41) is 6.69. The fraction of sp³-hybridized carbons (Fsp3) is 0.250. The van der Waals surface area contributed by atoms with E-state index in [-0.39, 0.29) is 24.7 Å². The predicted octanol–water partition coefficient (Wildman–Crippen LogP) is 3.52. The second kappa shape index (κ2) is 8.93. The molecule has 0 spiro atoms. The van der Waals surface area contributed by atoms with Crippen LogP contribution in [0.25, 0.3) is 11.4 Å². The van der Waals surface area contributed by atoms with Gasteiger partial charge in [-0.15, -0.1) is 0 Å². The van der Waals surface area contributed by atoms with Crippen molar-refractivity contribution in [3.8, 4) is 17.1 Å². The van der Waals surface area contributed by atoms with E-state index in [1.54, 1.807) is 12.1 Å². The highest BCUT2D eigenvalue weighted by Gasteiger charge is 2.11. The van der Waals surface area contributed by atoms with Gasteiger partial charge in [0.25, 0.3) is 0 Å². The van der Waals surface area contributed by atoms with Crippen LogP contribution >= 0.6 is 0 Å². The van der Waals surface area contributed by atoms with Crippen molar-refractivity contribution in [3.05, 3.63) is 65.8 Å². The number of hydrogen-bond acceptors (Lipinski definition) is 5. The second-order valence-electron chi connectivity index (χ2n) is 5.88. The molecule has 1 N–H and O–H groups in total. The van der Waals surface area contributed by atoms with E-state index in [1.165, 1.54) is 12.1 Å². The van der Waals surface area contributed by atoms with Gasteiger partial charge in [-0.05, 0) is 48.9 Å². The van der Waals surface area contributed by atoms with E-state index in [0.29, 0.717) is 30.3 Å². The molecule has 1 heterocycles. The molecule has 0 aliphatic heterocycles. The first-order valence-corrected chi connectivity index (χ1v) is 8.71. The Morgan fingerprint density at radius 1 is 1.22 bits per heavy atom. The molecule has 7 heteroatoms. The van der Waals surface area contributed by atoms with Crippen molar-refractivity contribution in [1.29, 1.82) is 0 Å². The third-order valence-corrected chi connectivity index (χ3v) is 3.84. The molecule has 1 aromatic heterocycles. The van der Waals surface area contributed by atoms with Crippen molar-refractivity contribution >= 4 is 5.91 Å². The second-order valence-corrected chi connectivity index (χ2v) is 5.88. The molecule has 0 atom stereocenters. The topological polar surface area (TPSA) is 77.2 Å². The third kappa shape index (κ3) is 5.37. The number of rotatable bonds is 8. The average molecular weight is 369 g/mol. The van der Waals surface area contributed by atoms with Crippen LogP contribution in [0, 0.1) is 5.82 Å². The molecule has 3 aromatic rings. The van der Waals surface area contributed by atoms with Crippen molar-refractivity contribution in [1.82, 2.24) is 15.5 Å². The monoisotopic (exact) mass is 369 g/mol. The molecule has 0 bridgehead atoms. The zero-order chi connectivity index (χ0) is 19.1. The highest BCUT2D eigenvalue weighted by Crippen LogP contribution is 2.20. The van der Waals surface area contributed by atoms with Crippen LogP contribution in [0.3, 0.4) is 0 Å². The van der Waals surface area contributed by atoms with Gasteiger partial charge in [-0.2, -0.15) is 4.98 Å². The number of carbonyl (C=O) groups excluding carboxylic acids is 1. The van der Waals surface area contributed by atoms with Crippen molar-refractivity contribution < 1.29 is 18.4 Å². The first-order chi connectivity index (χ1) is 13.1. The summed E-state index contributed by atoms with van der Waals surface area (Å²) in [4.78, 5) is 16.3. The van der Waals surface area contributed by atoms with Gasteiger partial charge >= 0.3 is 0 Å². The van der Waals surface area contributed by atoms with E-state index >= 15 is 0 Å². The number of halogens is 1. The molecule has 27 heavy (non-hydrogen) atoms. The van der Waals surface area contributed by atoms with Crippen LogP contribution < -0.4 is 10.1 Å². The first-order valence-electron chi connectivity index (χ1n) is 8.71. The summed E-state index contributed by atoms with van der Waals surface area (Å²) < 4.78 is 23.7. The maximum Gasteiger partial charge on any atom is 0.227 e. The number of aryl methyl sites for hydroxylation is 1. The van der Waals surface area contributed by atoms with Crippen LogP contribution in [0.2, 0.25) is 0 Å². The van der Waals surface area contributed by atoms with Gasteiger partial charge < -0.3 is 14.6 Å². The minimum Gasteiger partial charge on any atom is -0.494 e. The summed E-state index contributed by atoms with van der Waals surface area (Å²) in [6.07, 6.45) is 0.541. The molecule has 1 amide bonds. The zero-order valence-corrected chi connectivity index (χ0v) is 14.9. The third-order valence-electron chi connectivity index (χ3n) is 3.84. The molecule has 0 radical (unpaired) electrons. The molecule has 2 aromatic carbocycles. The standard InChI is InChI=1S/C20H20FN3O3/c1-2-26-17-8-6-15(7-9-17)20-23-19(27-24-20)11-10-18(25)22-13-14-4-3-5-16(21)12-14/h3-9,12H,2,10-11,13H2,1H3,(H,22,25). The Labute approximate surface area is 156 Å². The van der Waals surface area contributed by atoms with Gasteiger partial charge in [0, 0.05) is 24.9 Å². The van der Waals surface area contributed by atoms with Gasteiger partial charge in [0.2, 0.25) is 17.6 Å². The van der Waals surface area contributed by atoms with Gasteiger partial charge in [0.15, 0.2) is 0 Å². The number of aromatic nitrogens is 2. The molecule has 140 valence electrons. The Bertz CT molecular complexity index is 893. The lowest BCUT2D eigenvalue weighted by molar-refractivity contribution is -0.121. The van der Waals surface area contributed by atoms with Gasteiger partial charge in [-0.3, -0.25) is 4.79 Å². The molecule has 0 saturated heterocycles. The summed E-state index contributed by atoms with van der Waals surface area (Å²) in [6, 6.07) is 13.5. The Morgan fingerprint density at radius 2 is 2.04 bits per heavy atom. The summed E-state index contributed by atoms with van der Waals surface area (Å²) in [6.45, 7) is 2.80. The van der Waals surface area contributed by atoms with E-state index in [1.807, 2.05) is 31.2 Å². The van der Waals surface area contributed by atoms with Crippen LogP contribution in [0.4, 0.5) is 4.39 Å². The van der Waals surface area contributed by atoms with E-state index in [9.17, 15) is 9.18 Å². The van der Waals surface area contributed by atoms with E-state index in [0.717, 1.165) is 11.3 Å². The van der Waals surface area contributed by atoms with Gasteiger partial charge in [0.1, 0.15) is 11.6 Å². The number of hydrogen-bond donors (Lipinski definition) is 1. The minimum absolute atomic E-state index is 0.167. The van der Waals surface area contributed by atoms with Crippen molar-refractivity contribution in [2.75, 3.05) is 6.61 Å². The fourth-order valence-corrected chi connectivity index (χ4v) is 2.50. The SMILES string of the molecule is CCOc1ccc(-c2noc(CCC(=O)NCc3cccc(F)c3)n2)cc1. The number of ether oxygens (including phenoxy) is 1. The van der Waals surface area contributed by atoms with Crippen molar-refractivity contribution in [2.24, 2.45) is 0 Å². The summed E-state index contributed by atoms with van der Waals surface area (Å²) >= 11 is 0. The number of amides is 1. The molecule has 0 saturated carbocycles. The number of carbonyl (C=O) groups is 1. The molecule has 6 nitrogen and oxygen atoms in total. The number of nitrogens with zero attached hydrogens (tertiary/aromatic N) is 2. The van der Waals surface area contributed by atoms with Crippen molar-refractivity contribution in [3.63, 3.8) is 0 Å². The predicted molar refractivity (Wildman–Crippen MR) is 97.5 cm³/mol. The number of benzene rings is 2. The van der Waals surface area contributed by atoms with E-state index < -0.39 is 0 Å². The maximum atomic E-state index is 13.1. The molecular formula is C20H20FN3O3. The summed E-state index contributed by atoms with van der Waals surface area (Å²) in [5.74, 6) is 1.14. The lowest BCUT2D eigenvalue weighted by Gasteiger charge is -2.04. The Morgan fingerprint density at radius 3 is 2.78 bits per heavy atom. The lowest BCUT2D eigenvalue weighted by atomic mass is 10.2.